The Hall–Kier alpha value is -3.27. The number of aromatic hydroxyl groups is 1. The number of phenols is 1. The first-order chi connectivity index (χ1) is 12.4. The lowest BCUT2D eigenvalue weighted by atomic mass is 9.79. The number of phenolic OH excluding ortho intramolecular Hbond substituents is 1. The molecule has 1 unspecified atom stereocenters. The van der Waals surface area contributed by atoms with Gasteiger partial charge in [0.2, 0.25) is 0 Å². The van der Waals surface area contributed by atoms with Gasteiger partial charge in [0.05, 0.1) is 5.92 Å². The number of carbonyl (C=O) groups is 1. The summed E-state index contributed by atoms with van der Waals surface area (Å²) in [6, 6.07) is 10.5. The molecule has 0 fully saturated rings. The molecule has 2 aromatic rings. The molecule has 2 aromatic carbocycles. The Morgan fingerprint density at radius 3 is 2.73 bits per heavy atom. The smallest absolute Gasteiger partial charge is 0.311 e. The molecule has 0 spiro atoms. The standard InChI is InChI=1S/C22H18O4/c1-12-3-6-15(18(9-12)22(24)25)21-16-7-4-13(2)10-19(16)26-20-11-14(23)5-8-17(20)21/h3-8,10-11,18,23H,2,9H2,1H3,(H,24,25). The zero-order valence-electron chi connectivity index (χ0n) is 14.3. The van der Waals surface area contributed by atoms with Crippen LogP contribution >= 0.6 is 0 Å². The first kappa shape index (κ1) is 16.2. The summed E-state index contributed by atoms with van der Waals surface area (Å²) in [4.78, 5) is 11.9. The number of benzene rings is 2. The molecule has 4 rings (SSSR count). The third-order valence-electron chi connectivity index (χ3n) is 4.81. The molecular formula is C22H18O4. The quantitative estimate of drug-likeness (QED) is 0.877. The monoisotopic (exact) mass is 346 g/mol. The Morgan fingerprint density at radius 1 is 1.15 bits per heavy atom. The van der Waals surface area contributed by atoms with Crippen LogP contribution in [0.25, 0.3) is 12.2 Å². The lowest BCUT2D eigenvalue weighted by Gasteiger charge is -2.27. The van der Waals surface area contributed by atoms with Gasteiger partial charge in [-0.1, -0.05) is 36.4 Å². The molecule has 0 saturated carbocycles. The van der Waals surface area contributed by atoms with Crippen LogP contribution in [0, 0.1) is 5.92 Å². The molecule has 1 aliphatic carbocycles. The molecule has 0 amide bonds. The summed E-state index contributed by atoms with van der Waals surface area (Å²) in [6.45, 7) is 5.87. The highest BCUT2D eigenvalue weighted by Gasteiger charge is 2.31. The zero-order valence-corrected chi connectivity index (χ0v) is 14.3. The van der Waals surface area contributed by atoms with E-state index in [1.165, 1.54) is 0 Å². The van der Waals surface area contributed by atoms with Gasteiger partial charge in [-0.15, -0.1) is 0 Å². The molecule has 1 heterocycles. The molecule has 26 heavy (non-hydrogen) atoms. The number of rotatable bonds is 2. The minimum Gasteiger partial charge on any atom is -0.508 e. The maximum atomic E-state index is 11.9. The average Bonchev–Trinajstić information content (AvgIpc) is 2.59. The Morgan fingerprint density at radius 2 is 1.96 bits per heavy atom. The molecule has 0 saturated heterocycles. The SMILES string of the molecule is C=c1ccc2c(c1)Oc1cc(O)ccc1C=2C1=CC=C(C)CC1C(=O)O. The van der Waals surface area contributed by atoms with Crippen molar-refractivity contribution in [2.75, 3.05) is 0 Å². The Bertz CT molecular complexity index is 1110. The Labute approximate surface area is 150 Å². The van der Waals surface area contributed by atoms with E-state index in [2.05, 4.69) is 6.58 Å². The van der Waals surface area contributed by atoms with Crippen LogP contribution in [0.15, 0.2) is 59.7 Å². The van der Waals surface area contributed by atoms with Crippen LogP contribution in [0.3, 0.4) is 0 Å². The number of carboxylic acids is 1. The average molecular weight is 346 g/mol. The third-order valence-corrected chi connectivity index (χ3v) is 4.81. The van der Waals surface area contributed by atoms with Crippen molar-refractivity contribution in [3.63, 3.8) is 0 Å². The van der Waals surface area contributed by atoms with E-state index in [4.69, 9.17) is 4.74 Å². The van der Waals surface area contributed by atoms with E-state index in [1.807, 2.05) is 37.3 Å². The molecular weight excluding hydrogens is 328 g/mol. The van der Waals surface area contributed by atoms with Crippen molar-refractivity contribution in [2.45, 2.75) is 13.3 Å². The van der Waals surface area contributed by atoms with Gasteiger partial charge in [-0.25, -0.2) is 0 Å². The molecule has 1 atom stereocenters. The van der Waals surface area contributed by atoms with Crippen LogP contribution in [0.1, 0.15) is 18.9 Å². The lowest BCUT2D eigenvalue weighted by Crippen LogP contribution is -2.26. The molecule has 2 N–H and O–H groups in total. The zero-order chi connectivity index (χ0) is 18.4. The van der Waals surface area contributed by atoms with Crippen LogP contribution in [-0.4, -0.2) is 16.2 Å². The van der Waals surface area contributed by atoms with Crippen molar-refractivity contribution in [1.29, 1.82) is 0 Å². The summed E-state index contributed by atoms with van der Waals surface area (Å²) in [7, 11) is 0. The second-order valence-corrected chi connectivity index (χ2v) is 6.72. The molecule has 130 valence electrons. The van der Waals surface area contributed by atoms with E-state index in [0.29, 0.717) is 17.9 Å². The van der Waals surface area contributed by atoms with Gasteiger partial charge in [-0.05, 0) is 42.3 Å². The minimum atomic E-state index is -0.849. The minimum absolute atomic E-state index is 0.0977. The first-order valence-electron chi connectivity index (χ1n) is 8.39. The fraction of sp³-hybridized carbons (Fsp3) is 0.136. The van der Waals surface area contributed by atoms with Gasteiger partial charge >= 0.3 is 5.97 Å². The molecule has 4 nitrogen and oxygen atoms in total. The van der Waals surface area contributed by atoms with Crippen molar-refractivity contribution < 1.29 is 19.7 Å². The lowest BCUT2D eigenvalue weighted by molar-refractivity contribution is -0.140. The summed E-state index contributed by atoms with van der Waals surface area (Å²) in [5.74, 6) is -0.253. The molecule has 0 radical (unpaired) electrons. The number of carboxylic acid groups (broad SMARTS) is 1. The van der Waals surface area contributed by atoms with Crippen molar-refractivity contribution in [1.82, 2.24) is 0 Å². The van der Waals surface area contributed by atoms with Gasteiger partial charge < -0.3 is 14.9 Å². The molecule has 1 aliphatic heterocycles. The predicted molar refractivity (Wildman–Crippen MR) is 99.5 cm³/mol. The van der Waals surface area contributed by atoms with Crippen molar-refractivity contribution in [2.24, 2.45) is 5.92 Å². The van der Waals surface area contributed by atoms with E-state index >= 15 is 0 Å². The summed E-state index contributed by atoms with van der Waals surface area (Å²) >= 11 is 0. The predicted octanol–water partition coefficient (Wildman–Crippen LogP) is 3.08. The third kappa shape index (κ3) is 2.60. The number of hydrogen-bond donors (Lipinski definition) is 2. The van der Waals surface area contributed by atoms with Gasteiger partial charge in [-0.2, -0.15) is 0 Å². The van der Waals surface area contributed by atoms with Gasteiger partial charge in [0.15, 0.2) is 0 Å². The largest absolute Gasteiger partial charge is 0.508 e. The second-order valence-electron chi connectivity index (χ2n) is 6.72. The van der Waals surface area contributed by atoms with Crippen LogP contribution < -0.4 is 15.2 Å². The highest BCUT2D eigenvalue weighted by Crippen LogP contribution is 2.42. The van der Waals surface area contributed by atoms with E-state index < -0.39 is 11.9 Å². The van der Waals surface area contributed by atoms with E-state index in [9.17, 15) is 15.0 Å². The summed E-state index contributed by atoms with van der Waals surface area (Å²) in [5, 5.41) is 21.3. The first-order valence-corrected chi connectivity index (χ1v) is 8.39. The van der Waals surface area contributed by atoms with E-state index in [-0.39, 0.29) is 5.75 Å². The molecule has 0 bridgehead atoms. The van der Waals surface area contributed by atoms with E-state index in [1.54, 1.807) is 18.2 Å². The fourth-order valence-electron chi connectivity index (χ4n) is 3.56. The summed E-state index contributed by atoms with van der Waals surface area (Å²) in [5.41, 5.74) is 3.39. The second kappa shape index (κ2) is 5.92. The van der Waals surface area contributed by atoms with Gasteiger partial charge in [0, 0.05) is 22.4 Å². The Kier molecular flexibility index (Phi) is 3.69. The number of fused-ring (bicyclic) bond motifs is 2. The number of hydrogen-bond acceptors (Lipinski definition) is 3. The van der Waals surface area contributed by atoms with Gasteiger partial charge in [-0.3, -0.25) is 4.79 Å². The van der Waals surface area contributed by atoms with Crippen molar-refractivity contribution in [3.05, 3.63) is 75.7 Å². The van der Waals surface area contributed by atoms with Crippen molar-refractivity contribution in [3.8, 4) is 17.2 Å². The Balaban J connectivity index is 2.08. The normalized spacial score (nSPS) is 18.2. The molecule has 0 aromatic heterocycles. The summed E-state index contributed by atoms with van der Waals surface area (Å²) in [6.07, 6.45) is 4.32. The maximum Gasteiger partial charge on any atom is 0.311 e. The highest BCUT2D eigenvalue weighted by molar-refractivity contribution is 5.91. The maximum absolute atomic E-state index is 11.9. The topological polar surface area (TPSA) is 66.8 Å². The van der Waals surface area contributed by atoms with Crippen molar-refractivity contribution >= 4 is 18.1 Å². The fourth-order valence-corrected chi connectivity index (χ4v) is 3.56. The van der Waals surface area contributed by atoms with Crippen LogP contribution in [0.5, 0.6) is 17.2 Å². The summed E-state index contributed by atoms with van der Waals surface area (Å²) < 4.78 is 5.97. The van der Waals surface area contributed by atoms with Crippen LogP contribution in [0.2, 0.25) is 0 Å². The molecule has 4 heteroatoms. The molecule has 2 aliphatic rings. The van der Waals surface area contributed by atoms with E-state index in [0.717, 1.165) is 32.7 Å². The van der Waals surface area contributed by atoms with Gasteiger partial charge in [0.25, 0.3) is 0 Å². The van der Waals surface area contributed by atoms with Crippen LogP contribution in [-0.2, 0) is 4.79 Å². The highest BCUT2D eigenvalue weighted by atomic mass is 16.5. The van der Waals surface area contributed by atoms with Gasteiger partial charge in [0.1, 0.15) is 17.2 Å². The number of aliphatic carboxylic acids is 1. The number of ether oxygens (including phenoxy) is 1. The van der Waals surface area contributed by atoms with Crippen LogP contribution in [0.4, 0.5) is 0 Å². The number of allylic oxidation sites excluding steroid dienone is 3.